The second-order valence-corrected chi connectivity index (χ2v) is 5.12. The van der Waals surface area contributed by atoms with Crippen molar-refractivity contribution in [1.82, 2.24) is 4.98 Å². The molecule has 3 aromatic rings. The smallest absolute Gasteiger partial charge is 0.408 e. The van der Waals surface area contributed by atoms with Gasteiger partial charge in [-0.25, -0.2) is 9.18 Å². The van der Waals surface area contributed by atoms with Gasteiger partial charge in [0.05, 0.1) is 15.9 Å². The molecule has 1 N–H and O–H groups in total. The molecule has 0 radical (unpaired) electrons. The van der Waals surface area contributed by atoms with Gasteiger partial charge in [0.2, 0.25) is 0 Å². The number of H-pyrrole nitrogens is 1. The Morgan fingerprint density at radius 1 is 1.25 bits per heavy atom. The highest BCUT2D eigenvalue weighted by atomic mass is 35.5. The van der Waals surface area contributed by atoms with Crippen molar-refractivity contribution in [3.8, 4) is 0 Å². The lowest BCUT2D eigenvalue weighted by molar-refractivity contribution is 0.555. The Kier molecular flexibility index (Phi) is 3.28. The number of hydrogen-bond acceptors (Lipinski definition) is 2. The van der Waals surface area contributed by atoms with Crippen LogP contribution in [0.5, 0.6) is 0 Å². The Hall–Kier alpha value is -1.78. The van der Waals surface area contributed by atoms with E-state index in [0.717, 1.165) is 0 Å². The van der Waals surface area contributed by atoms with Gasteiger partial charge in [-0.3, -0.25) is 4.98 Å². The van der Waals surface area contributed by atoms with Crippen molar-refractivity contribution < 1.29 is 8.81 Å². The number of fused-ring (bicyclic) bond motifs is 1. The summed E-state index contributed by atoms with van der Waals surface area (Å²) >= 11 is 12.0. The fourth-order valence-electron chi connectivity index (χ4n) is 2.02. The van der Waals surface area contributed by atoms with Gasteiger partial charge in [-0.1, -0.05) is 29.8 Å². The summed E-state index contributed by atoms with van der Waals surface area (Å²) in [6.45, 7) is 0. The third kappa shape index (κ3) is 2.21. The molecule has 2 aromatic carbocycles. The lowest BCUT2D eigenvalue weighted by Gasteiger charge is -2.11. The summed E-state index contributed by atoms with van der Waals surface area (Å²) in [6.07, 6.45) is 0. The fourth-order valence-corrected chi connectivity index (χ4v) is 2.50. The van der Waals surface area contributed by atoms with Crippen LogP contribution in [0.15, 0.2) is 45.6 Å². The number of hydrogen-bond donors (Lipinski definition) is 1. The van der Waals surface area contributed by atoms with Gasteiger partial charge in [0.15, 0.2) is 5.58 Å². The van der Waals surface area contributed by atoms with E-state index in [1.807, 2.05) is 0 Å². The molecule has 6 heteroatoms. The van der Waals surface area contributed by atoms with Gasteiger partial charge < -0.3 is 4.42 Å². The lowest BCUT2D eigenvalue weighted by Crippen LogP contribution is -1.97. The molecule has 1 aromatic heterocycles. The van der Waals surface area contributed by atoms with Crippen LogP contribution < -0.4 is 5.76 Å². The molecule has 0 aliphatic carbocycles. The zero-order chi connectivity index (χ0) is 14.3. The number of benzene rings is 2. The Balaban J connectivity index is 2.09. The van der Waals surface area contributed by atoms with Crippen LogP contribution in [0, 0.1) is 5.82 Å². The SMILES string of the molecule is O=c1[nH]c2ccc(C(Cl)c3cccc(Cl)c3F)cc2o1. The number of aromatic amines is 1. The normalized spacial score (nSPS) is 12.8. The first kappa shape index (κ1) is 13.2. The van der Waals surface area contributed by atoms with Crippen molar-refractivity contribution in [1.29, 1.82) is 0 Å². The van der Waals surface area contributed by atoms with Crippen LogP contribution in [0.1, 0.15) is 16.5 Å². The first-order valence-electron chi connectivity index (χ1n) is 5.77. The average Bonchev–Trinajstić information content (AvgIpc) is 2.80. The Labute approximate surface area is 122 Å². The largest absolute Gasteiger partial charge is 0.417 e. The fraction of sp³-hybridized carbons (Fsp3) is 0.0714. The maximum absolute atomic E-state index is 14.0. The molecule has 3 nitrogen and oxygen atoms in total. The molecule has 1 atom stereocenters. The molecule has 0 fully saturated rings. The van der Waals surface area contributed by atoms with Crippen LogP contribution in [0.3, 0.4) is 0 Å². The van der Waals surface area contributed by atoms with Gasteiger partial charge in [-0.05, 0) is 23.8 Å². The van der Waals surface area contributed by atoms with Crippen LogP contribution in [-0.4, -0.2) is 4.98 Å². The van der Waals surface area contributed by atoms with E-state index in [0.29, 0.717) is 16.7 Å². The number of halogens is 3. The highest BCUT2D eigenvalue weighted by Gasteiger charge is 2.18. The topological polar surface area (TPSA) is 46.0 Å². The standard InChI is InChI=1S/C14H8Cl2FNO2/c15-9-3-1-2-8(13(9)17)12(16)7-4-5-10-11(6-7)20-14(19)18-10/h1-6,12H,(H,18,19). The van der Waals surface area contributed by atoms with Crippen LogP contribution in [0.4, 0.5) is 4.39 Å². The number of rotatable bonds is 2. The average molecular weight is 312 g/mol. The summed E-state index contributed by atoms with van der Waals surface area (Å²) in [5, 5.41) is -0.708. The number of alkyl halides is 1. The van der Waals surface area contributed by atoms with Gasteiger partial charge in [-0.15, -0.1) is 11.6 Å². The van der Waals surface area contributed by atoms with Crippen molar-refractivity contribution in [3.05, 3.63) is 68.9 Å². The van der Waals surface area contributed by atoms with E-state index in [2.05, 4.69) is 4.98 Å². The van der Waals surface area contributed by atoms with Crippen molar-refractivity contribution in [2.24, 2.45) is 0 Å². The second kappa shape index (κ2) is 4.96. The molecule has 20 heavy (non-hydrogen) atoms. The lowest BCUT2D eigenvalue weighted by atomic mass is 10.0. The third-order valence-corrected chi connectivity index (χ3v) is 3.77. The van der Waals surface area contributed by atoms with E-state index in [-0.39, 0.29) is 10.6 Å². The van der Waals surface area contributed by atoms with E-state index in [9.17, 15) is 9.18 Å². The van der Waals surface area contributed by atoms with Crippen LogP contribution in [-0.2, 0) is 0 Å². The zero-order valence-corrected chi connectivity index (χ0v) is 11.5. The molecule has 0 spiro atoms. The van der Waals surface area contributed by atoms with Crippen LogP contribution >= 0.6 is 23.2 Å². The molecule has 0 amide bonds. The first-order valence-corrected chi connectivity index (χ1v) is 6.58. The third-order valence-electron chi connectivity index (χ3n) is 2.99. The van der Waals surface area contributed by atoms with Gasteiger partial charge in [0, 0.05) is 5.56 Å². The van der Waals surface area contributed by atoms with Gasteiger partial charge in [-0.2, -0.15) is 0 Å². The van der Waals surface area contributed by atoms with E-state index in [1.54, 1.807) is 30.3 Å². The number of nitrogens with one attached hydrogen (secondary N) is 1. The monoisotopic (exact) mass is 311 g/mol. The summed E-state index contributed by atoms with van der Waals surface area (Å²) in [4.78, 5) is 13.6. The minimum Gasteiger partial charge on any atom is -0.408 e. The van der Waals surface area contributed by atoms with Crippen molar-refractivity contribution in [2.45, 2.75) is 5.38 Å². The number of oxazole rings is 1. The minimum absolute atomic E-state index is 0.0161. The Bertz CT molecular complexity index is 841. The quantitative estimate of drug-likeness (QED) is 0.719. The molecule has 0 saturated heterocycles. The molecule has 0 aliphatic rings. The first-order chi connectivity index (χ1) is 9.56. The predicted molar refractivity (Wildman–Crippen MR) is 75.9 cm³/mol. The summed E-state index contributed by atoms with van der Waals surface area (Å²) < 4.78 is 18.9. The summed E-state index contributed by atoms with van der Waals surface area (Å²) in [5.41, 5.74) is 1.83. The molecule has 1 unspecified atom stereocenters. The second-order valence-electron chi connectivity index (χ2n) is 4.28. The molecule has 1 heterocycles. The van der Waals surface area contributed by atoms with Gasteiger partial charge in [0.25, 0.3) is 0 Å². The minimum atomic E-state index is -0.724. The molecule has 0 saturated carbocycles. The molecular formula is C14H8Cl2FNO2. The number of aromatic nitrogens is 1. The van der Waals surface area contributed by atoms with Crippen LogP contribution in [0.25, 0.3) is 11.1 Å². The molecule has 0 bridgehead atoms. The van der Waals surface area contributed by atoms with Gasteiger partial charge in [0.1, 0.15) is 5.82 Å². The van der Waals surface area contributed by atoms with Crippen LogP contribution in [0.2, 0.25) is 5.02 Å². The van der Waals surface area contributed by atoms with E-state index in [1.165, 1.54) is 6.07 Å². The van der Waals surface area contributed by atoms with E-state index in [4.69, 9.17) is 27.6 Å². The maximum atomic E-state index is 14.0. The highest BCUT2D eigenvalue weighted by molar-refractivity contribution is 6.31. The molecule has 3 rings (SSSR count). The highest BCUT2D eigenvalue weighted by Crippen LogP contribution is 2.33. The zero-order valence-electron chi connectivity index (χ0n) is 9.99. The van der Waals surface area contributed by atoms with Crippen molar-refractivity contribution in [2.75, 3.05) is 0 Å². The predicted octanol–water partition coefficient (Wildman–Crippen LogP) is 4.24. The maximum Gasteiger partial charge on any atom is 0.417 e. The summed E-state index contributed by atoms with van der Waals surface area (Å²) in [6, 6.07) is 9.62. The van der Waals surface area contributed by atoms with Crippen molar-refractivity contribution >= 4 is 34.3 Å². The van der Waals surface area contributed by atoms with Gasteiger partial charge >= 0.3 is 5.76 Å². The Morgan fingerprint density at radius 2 is 2.05 bits per heavy atom. The molecular weight excluding hydrogens is 304 g/mol. The van der Waals surface area contributed by atoms with E-state index >= 15 is 0 Å². The summed E-state index contributed by atoms with van der Waals surface area (Å²) in [7, 11) is 0. The Morgan fingerprint density at radius 3 is 2.85 bits per heavy atom. The van der Waals surface area contributed by atoms with E-state index < -0.39 is 17.0 Å². The molecule has 0 aliphatic heterocycles. The molecule has 102 valence electrons. The van der Waals surface area contributed by atoms with Crippen molar-refractivity contribution in [3.63, 3.8) is 0 Å². The summed E-state index contributed by atoms with van der Waals surface area (Å²) in [5.74, 6) is -1.10.